The summed E-state index contributed by atoms with van der Waals surface area (Å²) >= 11 is 0. The molecule has 0 amide bonds. The van der Waals surface area contributed by atoms with Crippen molar-refractivity contribution in [1.82, 2.24) is 10.2 Å². The molecule has 8 heteroatoms. The highest BCUT2D eigenvalue weighted by molar-refractivity contribution is 14.0. The predicted octanol–water partition coefficient (Wildman–Crippen LogP) is 2.64. The standard InChI is InChI=1S/C13H16F3N3O.HI/c1-19-7-6-17-12(19)18-8-10-4-2-3-5-11(10)20-9-13(14,15)16;/h2-5H,6-9H2,1H3,(H,17,18);1H. The molecule has 0 aliphatic carbocycles. The van der Waals surface area contributed by atoms with E-state index in [9.17, 15) is 13.2 Å². The molecular weight excluding hydrogens is 398 g/mol. The van der Waals surface area contributed by atoms with Crippen molar-refractivity contribution in [1.29, 1.82) is 0 Å². The van der Waals surface area contributed by atoms with Gasteiger partial charge in [-0.1, -0.05) is 18.2 Å². The van der Waals surface area contributed by atoms with Crippen LogP contribution in [-0.2, 0) is 6.54 Å². The summed E-state index contributed by atoms with van der Waals surface area (Å²) < 4.78 is 41.4. The number of guanidine groups is 1. The highest BCUT2D eigenvalue weighted by atomic mass is 127. The maximum absolute atomic E-state index is 12.2. The Hall–Kier alpha value is -1.19. The molecule has 0 saturated heterocycles. The fourth-order valence-corrected chi connectivity index (χ4v) is 1.85. The van der Waals surface area contributed by atoms with Crippen molar-refractivity contribution < 1.29 is 17.9 Å². The Morgan fingerprint density at radius 1 is 1.33 bits per heavy atom. The number of halogens is 4. The van der Waals surface area contributed by atoms with Gasteiger partial charge in [0.2, 0.25) is 0 Å². The van der Waals surface area contributed by atoms with E-state index in [4.69, 9.17) is 4.74 Å². The number of benzene rings is 1. The minimum atomic E-state index is -4.34. The molecule has 21 heavy (non-hydrogen) atoms. The van der Waals surface area contributed by atoms with Crippen LogP contribution < -0.4 is 10.1 Å². The van der Waals surface area contributed by atoms with Gasteiger partial charge in [-0.3, -0.25) is 4.99 Å². The number of hydrogen-bond donors (Lipinski definition) is 1. The van der Waals surface area contributed by atoms with Crippen molar-refractivity contribution in [3.05, 3.63) is 29.8 Å². The van der Waals surface area contributed by atoms with Crippen LogP contribution >= 0.6 is 24.0 Å². The third-order valence-electron chi connectivity index (χ3n) is 2.86. The summed E-state index contributed by atoms with van der Waals surface area (Å²) in [5, 5.41) is 3.10. The molecule has 1 aromatic rings. The van der Waals surface area contributed by atoms with Gasteiger partial charge in [0.25, 0.3) is 0 Å². The van der Waals surface area contributed by atoms with E-state index >= 15 is 0 Å². The van der Waals surface area contributed by atoms with Gasteiger partial charge >= 0.3 is 6.18 Å². The van der Waals surface area contributed by atoms with E-state index < -0.39 is 12.8 Å². The number of aliphatic imine (C=N–C) groups is 1. The van der Waals surface area contributed by atoms with E-state index in [0.717, 1.165) is 19.0 Å². The Bertz CT molecular complexity index is 494. The molecular formula is C13H17F3IN3O. The van der Waals surface area contributed by atoms with Gasteiger partial charge in [0.15, 0.2) is 12.6 Å². The van der Waals surface area contributed by atoms with Gasteiger partial charge in [-0.15, -0.1) is 24.0 Å². The lowest BCUT2D eigenvalue weighted by Crippen LogP contribution is -2.35. The van der Waals surface area contributed by atoms with Crippen molar-refractivity contribution in [2.45, 2.75) is 12.7 Å². The third-order valence-corrected chi connectivity index (χ3v) is 2.86. The number of rotatable bonds is 4. The van der Waals surface area contributed by atoms with Crippen LogP contribution in [0.2, 0.25) is 0 Å². The molecule has 2 rings (SSSR count). The number of hydrogen-bond acceptors (Lipinski definition) is 4. The zero-order chi connectivity index (χ0) is 14.6. The first-order valence-corrected chi connectivity index (χ1v) is 6.22. The van der Waals surface area contributed by atoms with Crippen LogP contribution in [0.25, 0.3) is 0 Å². The first-order valence-electron chi connectivity index (χ1n) is 6.22. The van der Waals surface area contributed by atoms with Crippen molar-refractivity contribution in [3.8, 4) is 5.75 Å². The zero-order valence-electron chi connectivity index (χ0n) is 11.5. The van der Waals surface area contributed by atoms with Crippen LogP contribution in [-0.4, -0.2) is 43.8 Å². The van der Waals surface area contributed by atoms with Gasteiger partial charge in [-0.05, 0) is 6.07 Å². The second-order valence-corrected chi connectivity index (χ2v) is 4.49. The van der Waals surface area contributed by atoms with Gasteiger partial charge in [0, 0.05) is 25.7 Å². The summed E-state index contributed by atoms with van der Waals surface area (Å²) in [5.74, 6) is 0.981. The third kappa shape index (κ3) is 5.60. The minimum Gasteiger partial charge on any atom is -0.484 e. The van der Waals surface area contributed by atoms with Crippen molar-refractivity contribution >= 4 is 29.9 Å². The van der Waals surface area contributed by atoms with Crippen molar-refractivity contribution in [3.63, 3.8) is 0 Å². The summed E-state index contributed by atoms with van der Waals surface area (Å²) in [6, 6.07) is 6.67. The van der Waals surface area contributed by atoms with Crippen LogP contribution in [0.4, 0.5) is 13.2 Å². The summed E-state index contributed by atoms with van der Waals surface area (Å²) in [6.45, 7) is 0.654. The molecule has 0 bridgehead atoms. The van der Waals surface area contributed by atoms with Crippen molar-refractivity contribution in [2.75, 3.05) is 26.7 Å². The van der Waals surface area contributed by atoms with Gasteiger partial charge < -0.3 is 15.0 Å². The Kier molecular flexibility index (Phi) is 6.56. The SMILES string of the molecule is CN1CCN=C1NCc1ccccc1OCC(F)(F)F.I. The number of para-hydroxylation sites is 1. The Labute approximate surface area is 138 Å². The lowest BCUT2D eigenvalue weighted by atomic mass is 10.2. The second-order valence-electron chi connectivity index (χ2n) is 4.49. The molecule has 0 atom stereocenters. The average molecular weight is 415 g/mol. The molecule has 1 N–H and O–H groups in total. The van der Waals surface area contributed by atoms with Crippen LogP contribution in [0.3, 0.4) is 0 Å². The van der Waals surface area contributed by atoms with Crippen LogP contribution in [0, 0.1) is 0 Å². The Balaban J connectivity index is 0.00000220. The number of alkyl halides is 3. The molecule has 0 aromatic heterocycles. The lowest BCUT2D eigenvalue weighted by molar-refractivity contribution is -0.153. The lowest BCUT2D eigenvalue weighted by Gasteiger charge is -2.17. The van der Waals surface area contributed by atoms with Crippen LogP contribution in [0.15, 0.2) is 29.3 Å². The topological polar surface area (TPSA) is 36.9 Å². The summed E-state index contributed by atoms with van der Waals surface area (Å²) in [7, 11) is 1.91. The molecule has 0 unspecified atom stereocenters. The largest absolute Gasteiger partial charge is 0.484 e. The smallest absolute Gasteiger partial charge is 0.422 e. The highest BCUT2D eigenvalue weighted by Crippen LogP contribution is 2.22. The fourth-order valence-electron chi connectivity index (χ4n) is 1.85. The Morgan fingerprint density at radius 3 is 2.67 bits per heavy atom. The molecule has 0 saturated carbocycles. The first kappa shape index (κ1) is 17.9. The highest BCUT2D eigenvalue weighted by Gasteiger charge is 2.28. The number of ether oxygens (including phenoxy) is 1. The van der Waals surface area contributed by atoms with Gasteiger partial charge in [-0.2, -0.15) is 13.2 Å². The summed E-state index contributed by atoms with van der Waals surface area (Å²) in [4.78, 5) is 6.21. The second kappa shape index (κ2) is 7.71. The molecule has 0 fully saturated rings. The van der Waals surface area contributed by atoms with E-state index in [1.807, 2.05) is 11.9 Å². The van der Waals surface area contributed by atoms with Crippen LogP contribution in [0.1, 0.15) is 5.56 Å². The molecule has 118 valence electrons. The maximum atomic E-state index is 12.2. The maximum Gasteiger partial charge on any atom is 0.422 e. The summed E-state index contributed by atoms with van der Waals surface area (Å²) in [5.41, 5.74) is 0.666. The van der Waals surface area contributed by atoms with E-state index in [-0.39, 0.29) is 29.7 Å². The number of nitrogens with zero attached hydrogens (tertiary/aromatic N) is 2. The van der Waals surface area contributed by atoms with E-state index in [2.05, 4.69) is 10.3 Å². The zero-order valence-corrected chi connectivity index (χ0v) is 13.8. The minimum absolute atomic E-state index is 0. The summed E-state index contributed by atoms with van der Waals surface area (Å²) in [6.07, 6.45) is -4.34. The number of likely N-dealkylation sites (N-methyl/N-ethyl adjacent to an activating group) is 1. The molecule has 1 aliphatic rings. The molecule has 4 nitrogen and oxygen atoms in total. The van der Waals surface area contributed by atoms with Crippen LogP contribution in [0.5, 0.6) is 5.75 Å². The molecule has 1 aromatic carbocycles. The van der Waals surface area contributed by atoms with Gasteiger partial charge in [0.05, 0.1) is 6.54 Å². The van der Waals surface area contributed by atoms with Gasteiger partial charge in [0.1, 0.15) is 5.75 Å². The number of nitrogens with one attached hydrogen (secondary N) is 1. The first-order chi connectivity index (χ1) is 9.46. The molecule has 1 aliphatic heterocycles. The van der Waals surface area contributed by atoms with E-state index in [1.165, 1.54) is 6.07 Å². The fraction of sp³-hybridized carbons (Fsp3) is 0.462. The molecule has 1 heterocycles. The molecule has 0 spiro atoms. The van der Waals surface area contributed by atoms with E-state index in [1.54, 1.807) is 18.2 Å². The van der Waals surface area contributed by atoms with Crippen molar-refractivity contribution in [2.24, 2.45) is 4.99 Å². The average Bonchev–Trinajstić information content (AvgIpc) is 2.79. The van der Waals surface area contributed by atoms with Gasteiger partial charge in [-0.25, -0.2) is 0 Å². The normalized spacial score (nSPS) is 14.5. The Morgan fingerprint density at radius 2 is 2.05 bits per heavy atom. The monoisotopic (exact) mass is 415 g/mol. The quantitative estimate of drug-likeness (QED) is 0.769. The predicted molar refractivity (Wildman–Crippen MR) is 85.2 cm³/mol. The molecule has 0 radical (unpaired) electrons. The van der Waals surface area contributed by atoms with E-state index in [0.29, 0.717) is 12.1 Å².